The van der Waals surface area contributed by atoms with Gasteiger partial charge >= 0.3 is 12.1 Å². The molecule has 0 aromatic carbocycles. The van der Waals surface area contributed by atoms with Crippen LogP contribution in [0.5, 0.6) is 5.06 Å². The number of hydrogen-bond donors (Lipinski definition) is 2. The highest BCUT2D eigenvalue weighted by Crippen LogP contribution is 2.23. The lowest BCUT2D eigenvalue weighted by Gasteiger charge is -2.19. The minimum absolute atomic E-state index is 0.252. The van der Waals surface area contributed by atoms with E-state index in [2.05, 4.69) is 10.6 Å². The van der Waals surface area contributed by atoms with Crippen LogP contribution in [0.3, 0.4) is 0 Å². The highest BCUT2D eigenvalue weighted by molar-refractivity contribution is 7.12. The number of nitrogens with one attached hydrogen (secondary N) is 2. The normalized spacial score (nSPS) is 10.7. The summed E-state index contributed by atoms with van der Waals surface area (Å²) in [4.78, 5) is 34.0. The minimum Gasteiger partial charge on any atom is -0.444 e. The highest BCUT2D eigenvalue weighted by Gasteiger charge is 2.15. The second kappa shape index (κ2) is 7.79. The topological polar surface area (TPSA) is 93.7 Å². The average molecular weight is 328 g/mol. The standard InChI is InChI=1S/C14H20N2O5S/c1-9(17)20-11-7-10(8-22-11)12(18)15-5-6-16-13(19)21-14(2,3)4/h7-8H,5-6H2,1-4H3,(H,15,18)(H,16,19). The molecule has 0 spiro atoms. The molecule has 2 N–H and O–H groups in total. The maximum absolute atomic E-state index is 11.8. The van der Waals surface area contributed by atoms with E-state index >= 15 is 0 Å². The van der Waals surface area contributed by atoms with E-state index < -0.39 is 17.7 Å². The summed E-state index contributed by atoms with van der Waals surface area (Å²) in [5, 5.41) is 7.13. The second-order valence-corrected chi connectivity index (χ2v) is 6.31. The number of hydrogen-bond acceptors (Lipinski definition) is 6. The molecule has 0 aliphatic rings. The van der Waals surface area contributed by atoms with Crippen molar-refractivity contribution in [3.05, 3.63) is 17.0 Å². The molecular weight excluding hydrogens is 308 g/mol. The van der Waals surface area contributed by atoms with Gasteiger partial charge in [-0.25, -0.2) is 4.79 Å². The van der Waals surface area contributed by atoms with Crippen LogP contribution in [-0.4, -0.2) is 36.7 Å². The van der Waals surface area contributed by atoms with E-state index in [1.807, 2.05) is 0 Å². The molecule has 8 heteroatoms. The third-order valence-electron chi connectivity index (χ3n) is 2.16. The molecule has 1 aromatic rings. The molecule has 1 rings (SSSR count). The fraction of sp³-hybridized carbons (Fsp3) is 0.500. The summed E-state index contributed by atoms with van der Waals surface area (Å²) in [5.74, 6) is -0.740. The van der Waals surface area contributed by atoms with Gasteiger partial charge in [0.2, 0.25) is 0 Å². The van der Waals surface area contributed by atoms with Crippen molar-refractivity contribution in [1.82, 2.24) is 10.6 Å². The van der Waals surface area contributed by atoms with Gasteiger partial charge < -0.3 is 20.1 Å². The highest BCUT2D eigenvalue weighted by atomic mass is 32.1. The zero-order valence-electron chi connectivity index (χ0n) is 13.0. The van der Waals surface area contributed by atoms with Gasteiger partial charge in [0.15, 0.2) is 5.06 Å². The summed E-state index contributed by atoms with van der Waals surface area (Å²) >= 11 is 1.16. The Kier molecular flexibility index (Phi) is 6.36. The van der Waals surface area contributed by atoms with Crippen LogP contribution in [0.2, 0.25) is 0 Å². The van der Waals surface area contributed by atoms with E-state index in [9.17, 15) is 14.4 Å². The van der Waals surface area contributed by atoms with Crippen LogP contribution in [0.4, 0.5) is 4.79 Å². The summed E-state index contributed by atoms with van der Waals surface area (Å²) in [5.41, 5.74) is -0.157. The summed E-state index contributed by atoms with van der Waals surface area (Å²) in [6.45, 7) is 7.11. The van der Waals surface area contributed by atoms with Gasteiger partial charge in [0.1, 0.15) is 5.60 Å². The largest absolute Gasteiger partial charge is 0.444 e. The van der Waals surface area contributed by atoms with Gasteiger partial charge in [-0.2, -0.15) is 0 Å². The summed E-state index contributed by atoms with van der Waals surface area (Å²) < 4.78 is 9.93. The average Bonchev–Trinajstić information content (AvgIpc) is 2.79. The van der Waals surface area contributed by atoms with Crippen LogP contribution in [0.1, 0.15) is 38.1 Å². The third-order valence-corrected chi connectivity index (χ3v) is 2.97. The third kappa shape index (κ3) is 7.07. The Morgan fingerprint density at radius 2 is 1.82 bits per heavy atom. The van der Waals surface area contributed by atoms with E-state index in [1.54, 1.807) is 26.2 Å². The van der Waals surface area contributed by atoms with Gasteiger partial charge in [0.25, 0.3) is 5.91 Å². The van der Waals surface area contributed by atoms with E-state index in [4.69, 9.17) is 9.47 Å². The van der Waals surface area contributed by atoms with Gasteiger partial charge in [0, 0.05) is 31.5 Å². The predicted molar refractivity (Wildman–Crippen MR) is 82.2 cm³/mol. The van der Waals surface area contributed by atoms with Crippen molar-refractivity contribution >= 4 is 29.3 Å². The first kappa shape index (κ1) is 18.0. The number of alkyl carbamates (subject to hydrolysis) is 1. The zero-order valence-corrected chi connectivity index (χ0v) is 13.8. The van der Waals surface area contributed by atoms with Crippen molar-refractivity contribution in [2.24, 2.45) is 0 Å². The van der Waals surface area contributed by atoms with Crippen LogP contribution in [0, 0.1) is 0 Å². The summed E-state index contributed by atoms with van der Waals surface area (Å²) in [7, 11) is 0. The van der Waals surface area contributed by atoms with E-state index in [0.29, 0.717) is 10.6 Å². The summed E-state index contributed by atoms with van der Waals surface area (Å²) in [6.07, 6.45) is -0.533. The van der Waals surface area contributed by atoms with E-state index in [0.717, 1.165) is 11.3 Å². The number of esters is 1. The number of rotatable bonds is 5. The molecular formula is C14H20N2O5S. The number of carbonyl (C=O) groups excluding carboxylic acids is 3. The molecule has 1 aromatic heterocycles. The van der Waals surface area contributed by atoms with Crippen molar-refractivity contribution in [2.75, 3.05) is 13.1 Å². The fourth-order valence-electron chi connectivity index (χ4n) is 1.39. The maximum atomic E-state index is 11.8. The molecule has 0 bridgehead atoms. The lowest BCUT2D eigenvalue weighted by atomic mass is 10.2. The van der Waals surface area contributed by atoms with Crippen molar-refractivity contribution in [3.63, 3.8) is 0 Å². The Bertz CT molecular complexity index is 548. The van der Waals surface area contributed by atoms with Crippen LogP contribution in [0.25, 0.3) is 0 Å². The monoisotopic (exact) mass is 328 g/mol. The molecule has 7 nitrogen and oxygen atoms in total. The zero-order chi connectivity index (χ0) is 16.8. The molecule has 22 heavy (non-hydrogen) atoms. The van der Waals surface area contributed by atoms with Crippen molar-refractivity contribution in [3.8, 4) is 5.06 Å². The lowest BCUT2D eigenvalue weighted by Crippen LogP contribution is -2.37. The number of thiophene rings is 1. The second-order valence-electron chi connectivity index (χ2n) is 5.43. The van der Waals surface area contributed by atoms with Crippen molar-refractivity contribution in [1.29, 1.82) is 0 Å². The smallest absolute Gasteiger partial charge is 0.407 e. The Labute approximate surface area is 133 Å². The van der Waals surface area contributed by atoms with Gasteiger partial charge in [-0.05, 0) is 20.8 Å². The minimum atomic E-state index is -0.558. The lowest BCUT2D eigenvalue weighted by molar-refractivity contribution is -0.131. The first-order valence-electron chi connectivity index (χ1n) is 6.69. The van der Waals surface area contributed by atoms with E-state index in [1.165, 1.54) is 13.0 Å². The number of amides is 2. The first-order valence-corrected chi connectivity index (χ1v) is 7.57. The molecule has 0 unspecified atom stereocenters. The Balaban J connectivity index is 2.30. The van der Waals surface area contributed by atoms with Gasteiger partial charge in [0.05, 0.1) is 5.56 Å². The van der Waals surface area contributed by atoms with E-state index in [-0.39, 0.29) is 19.0 Å². The van der Waals surface area contributed by atoms with Gasteiger partial charge in [-0.1, -0.05) is 0 Å². The molecule has 2 amide bonds. The molecule has 0 atom stereocenters. The predicted octanol–water partition coefficient (Wildman–Crippen LogP) is 1.93. The molecule has 1 heterocycles. The molecule has 0 aliphatic carbocycles. The quantitative estimate of drug-likeness (QED) is 0.636. The van der Waals surface area contributed by atoms with Gasteiger partial charge in [-0.3, -0.25) is 9.59 Å². The Hall–Kier alpha value is -2.09. The molecule has 122 valence electrons. The summed E-state index contributed by atoms with van der Waals surface area (Å²) in [6, 6.07) is 1.49. The molecule has 0 fully saturated rings. The maximum Gasteiger partial charge on any atom is 0.407 e. The van der Waals surface area contributed by atoms with Crippen molar-refractivity contribution < 1.29 is 23.9 Å². The van der Waals surface area contributed by atoms with Crippen LogP contribution in [0.15, 0.2) is 11.4 Å². The molecule has 0 saturated carbocycles. The van der Waals surface area contributed by atoms with Crippen LogP contribution < -0.4 is 15.4 Å². The number of carbonyl (C=O) groups is 3. The van der Waals surface area contributed by atoms with Gasteiger partial charge in [-0.15, -0.1) is 11.3 Å². The molecule has 0 aliphatic heterocycles. The first-order chi connectivity index (χ1) is 10.2. The Morgan fingerprint density at radius 1 is 1.18 bits per heavy atom. The number of ether oxygens (including phenoxy) is 2. The van der Waals surface area contributed by atoms with Crippen molar-refractivity contribution in [2.45, 2.75) is 33.3 Å². The van der Waals surface area contributed by atoms with Crippen LogP contribution >= 0.6 is 11.3 Å². The van der Waals surface area contributed by atoms with Crippen LogP contribution in [-0.2, 0) is 9.53 Å². The fourth-order valence-corrected chi connectivity index (χ4v) is 2.17. The Morgan fingerprint density at radius 3 is 2.41 bits per heavy atom. The SMILES string of the molecule is CC(=O)Oc1cc(C(=O)NCCNC(=O)OC(C)(C)C)cs1. The molecule has 0 saturated heterocycles. The molecule has 0 radical (unpaired) electrons.